The average Bonchev–Trinajstić information content (AvgIpc) is 2.66. The van der Waals surface area contributed by atoms with Crippen LogP contribution in [-0.4, -0.2) is 33.7 Å². The summed E-state index contributed by atoms with van der Waals surface area (Å²) in [7, 11) is -2.30. The molecule has 0 aliphatic rings. The summed E-state index contributed by atoms with van der Waals surface area (Å²) in [5, 5.41) is 2.88. The molecule has 29 heavy (non-hydrogen) atoms. The molecule has 2 aromatic carbocycles. The van der Waals surface area contributed by atoms with Crippen molar-refractivity contribution < 1.29 is 22.3 Å². The number of hydrogen-bond acceptors (Lipinski definition) is 4. The molecule has 0 spiro atoms. The SMILES string of the molecule is CC[C@@H](NC(=O)[C@H](C)N(c1ccccc1F)S(C)(=O)=O)c1ccc(OC)c(C)c1. The minimum atomic E-state index is -3.89. The second-order valence-electron chi connectivity index (χ2n) is 6.88. The molecule has 6 nitrogen and oxygen atoms in total. The summed E-state index contributed by atoms with van der Waals surface area (Å²) in [6.45, 7) is 5.26. The number of anilines is 1. The number of nitrogens with zero attached hydrogens (tertiary/aromatic N) is 1. The Labute approximate surface area is 171 Å². The first-order valence-corrected chi connectivity index (χ1v) is 11.1. The van der Waals surface area contributed by atoms with E-state index < -0.39 is 27.8 Å². The maximum Gasteiger partial charge on any atom is 0.244 e. The predicted octanol–water partition coefficient (Wildman–Crippen LogP) is 3.56. The molecule has 0 aliphatic heterocycles. The highest BCUT2D eigenvalue weighted by Crippen LogP contribution is 2.26. The van der Waals surface area contributed by atoms with Crippen LogP contribution in [-0.2, 0) is 14.8 Å². The van der Waals surface area contributed by atoms with Crippen molar-refractivity contribution >= 4 is 21.6 Å². The van der Waals surface area contributed by atoms with Gasteiger partial charge in [0.15, 0.2) is 0 Å². The minimum Gasteiger partial charge on any atom is -0.496 e. The lowest BCUT2D eigenvalue weighted by Gasteiger charge is -2.30. The first kappa shape index (κ1) is 22.7. The van der Waals surface area contributed by atoms with Crippen molar-refractivity contribution in [3.63, 3.8) is 0 Å². The Bertz CT molecular complexity index is 978. The van der Waals surface area contributed by atoms with Crippen molar-refractivity contribution in [2.24, 2.45) is 0 Å². The molecule has 158 valence electrons. The highest BCUT2D eigenvalue weighted by Gasteiger charge is 2.31. The second-order valence-corrected chi connectivity index (χ2v) is 8.74. The Morgan fingerprint density at radius 3 is 2.41 bits per heavy atom. The number of para-hydroxylation sites is 1. The van der Waals surface area contributed by atoms with Crippen molar-refractivity contribution in [1.29, 1.82) is 0 Å². The monoisotopic (exact) mass is 422 g/mol. The number of nitrogens with one attached hydrogen (secondary N) is 1. The molecule has 0 unspecified atom stereocenters. The topological polar surface area (TPSA) is 75.7 Å². The Kier molecular flexibility index (Phi) is 7.24. The molecule has 1 N–H and O–H groups in total. The smallest absolute Gasteiger partial charge is 0.244 e. The fourth-order valence-corrected chi connectivity index (χ4v) is 4.42. The van der Waals surface area contributed by atoms with Crippen LogP contribution in [0.3, 0.4) is 0 Å². The van der Waals surface area contributed by atoms with Gasteiger partial charge in [-0.15, -0.1) is 0 Å². The third-order valence-electron chi connectivity index (χ3n) is 4.72. The van der Waals surface area contributed by atoms with Gasteiger partial charge in [-0.05, 0) is 49.6 Å². The molecule has 0 radical (unpaired) electrons. The van der Waals surface area contributed by atoms with Crippen LogP contribution in [0.4, 0.5) is 10.1 Å². The number of hydrogen-bond donors (Lipinski definition) is 1. The first-order chi connectivity index (χ1) is 13.6. The van der Waals surface area contributed by atoms with Gasteiger partial charge in [0.05, 0.1) is 25.1 Å². The average molecular weight is 423 g/mol. The molecule has 0 fully saturated rings. The molecule has 0 heterocycles. The van der Waals surface area contributed by atoms with Crippen LogP contribution in [0, 0.1) is 12.7 Å². The molecule has 8 heteroatoms. The number of amides is 1. The molecule has 1 amide bonds. The summed E-state index contributed by atoms with van der Waals surface area (Å²) in [5.74, 6) is -0.486. The van der Waals surface area contributed by atoms with E-state index in [9.17, 15) is 17.6 Å². The van der Waals surface area contributed by atoms with E-state index in [1.165, 1.54) is 25.1 Å². The van der Waals surface area contributed by atoms with Crippen LogP contribution in [0.15, 0.2) is 42.5 Å². The third kappa shape index (κ3) is 5.26. The highest BCUT2D eigenvalue weighted by atomic mass is 32.2. The van der Waals surface area contributed by atoms with E-state index in [1.807, 2.05) is 32.0 Å². The number of carbonyl (C=O) groups excluding carboxylic acids is 1. The fourth-order valence-electron chi connectivity index (χ4n) is 3.24. The molecule has 0 aromatic heterocycles. The maximum atomic E-state index is 14.3. The number of sulfonamides is 1. The number of carbonyl (C=O) groups is 1. The van der Waals surface area contributed by atoms with E-state index >= 15 is 0 Å². The number of rotatable bonds is 8. The second kappa shape index (κ2) is 9.26. The molecule has 2 rings (SSSR count). The lowest BCUT2D eigenvalue weighted by Crippen LogP contribution is -2.48. The number of aryl methyl sites for hydroxylation is 1. The molecule has 2 atom stereocenters. The minimum absolute atomic E-state index is 0.161. The van der Waals surface area contributed by atoms with E-state index in [4.69, 9.17) is 4.74 Å². The van der Waals surface area contributed by atoms with Crippen LogP contribution in [0.1, 0.15) is 37.4 Å². The van der Waals surface area contributed by atoms with E-state index in [0.717, 1.165) is 33.5 Å². The van der Waals surface area contributed by atoms with Crippen molar-refractivity contribution in [2.75, 3.05) is 17.7 Å². The summed E-state index contributed by atoms with van der Waals surface area (Å²) in [6, 6.07) is 9.63. The van der Waals surface area contributed by atoms with E-state index in [2.05, 4.69) is 5.32 Å². The highest BCUT2D eigenvalue weighted by molar-refractivity contribution is 7.92. The molecule has 0 saturated carbocycles. The normalized spacial score (nSPS) is 13.4. The summed E-state index contributed by atoms with van der Waals surface area (Å²) >= 11 is 0. The Morgan fingerprint density at radius 2 is 1.90 bits per heavy atom. The van der Waals surface area contributed by atoms with Gasteiger partial charge in [-0.2, -0.15) is 0 Å². The van der Waals surface area contributed by atoms with Gasteiger partial charge in [0, 0.05) is 0 Å². The maximum absolute atomic E-state index is 14.3. The van der Waals surface area contributed by atoms with Gasteiger partial charge in [0.1, 0.15) is 17.6 Å². The fraction of sp³-hybridized carbons (Fsp3) is 0.381. The lowest BCUT2D eigenvalue weighted by molar-refractivity contribution is -0.122. The number of halogens is 1. The van der Waals surface area contributed by atoms with Crippen LogP contribution in [0.25, 0.3) is 0 Å². The summed E-state index contributed by atoms with van der Waals surface area (Å²) in [6.07, 6.45) is 1.55. The zero-order chi connectivity index (χ0) is 21.8. The number of benzene rings is 2. The van der Waals surface area contributed by atoms with Crippen LogP contribution in [0.5, 0.6) is 5.75 Å². The zero-order valence-electron chi connectivity index (χ0n) is 17.3. The first-order valence-electron chi connectivity index (χ1n) is 9.29. The molecule has 2 aromatic rings. The van der Waals surface area contributed by atoms with Crippen molar-refractivity contribution in [3.05, 3.63) is 59.4 Å². The summed E-state index contributed by atoms with van der Waals surface area (Å²) in [5.41, 5.74) is 1.64. The van der Waals surface area contributed by atoms with Gasteiger partial charge in [-0.1, -0.05) is 31.2 Å². The van der Waals surface area contributed by atoms with Gasteiger partial charge in [-0.25, -0.2) is 12.8 Å². The van der Waals surface area contributed by atoms with Crippen LogP contribution >= 0.6 is 0 Å². The Morgan fingerprint density at radius 1 is 1.24 bits per heavy atom. The van der Waals surface area contributed by atoms with Gasteiger partial charge in [-0.3, -0.25) is 9.10 Å². The molecular weight excluding hydrogens is 395 g/mol. The van der Waals surface area contributed by atoms with E-state index in [-0.39, 0.29) is 11.7 Å². The number of ether oxygens (including phenoxy) is 1. The van der Waals surface area contributed by atoms with E-state index in [1.54, 1.807) is 7.11 Å². The quantitative estimate of drug-likeness (QED) is 0.706. The van der Waals surface area contributed by atoms with Gasteiger partial charge in [0.2, 0.25) is 15.9 Å². The predicted molar refractivity (Wildman–Crippen MR) is 112 cm³/mol. The van der Waals surface area contributed by atoms with Gasteiger partial charge < -0.3 is 10.1 Å². The zero-order valence-corrected chi connectivity index (χ0v) is 18.1. The third-order valence-corrected chi connectivity index (χ3v) is 5.95. The Hall–Kier alpha value is -2.61. The van der Waals surface area contributed by atoms with Crippen LogP contribution in [0.2, 0.25) is 0 Å². The standard InChI is InChI=1S/C21H27FN2O4S/c1-6-18(16-11-12-20(28-4)14(2)13-16)23-21(25)15(3)24(29(5,26)27)19-10-8-7-9-17(19)22/h7-13,15,18H,6H2,1-5H3,(H,23,25)/t15-,18+/m0/s1. The van der Waals surface area contributed by atoms with Crippen molar-refractivity contribution in [1.82, 2.24) is 5.32 Å². The lowest BCUT2D eigenvalue weighted by atomic mass is 10.0. The molecule has 0 aliphatic carbocycles. The summed E-state index contributed by atoms with van der Waals surface area (Å²) < 4.78 is 45.0. The molecule has 0 saturated heterocycles. The van der Waals surface area contributed by atoms with E-state index in [0.29, 0.717) is 6.42 Å². The summed E-state index contributed by atoms with van der Waals surface area (Å²) in [4.78, 5) is 12.9. The van der Waals surface area contributed by atoms with Gasteiger partial charge >= 0.3 is 0 Å². The largest absolute Gasteiger partial charge is 0.496 e. The molecular formula is C21H27FN2O4S. The van der Waals surface area contributed by atoms with Crippen molar-refractivity contribution in [3.8, 4) is 5.75 Å². The Balaban J connectivity index is 2.31. The van der Waals surface area contributed by atoms with Crippen molar-refractivity contribution in [2.45, 2.75) is 39.3 Å². The van der Waals surface area contributed by atoms with Crippen LogP contribution < -0.4 is 14.4 Å². The van der Waals surface area contributed by atoms with Gasteiger partial charge in [0.25, 0.3) is 0 Å². The molecule has 0 bridgehead atoms. The number of methoxy groups -OCH3 is 1.